The molecule has 2 aromatic rings. The van der Waals surface area contributed by atoms with Crippen LogP contribution < -0.4 is 5.73 Å². The molecule has 15 heavy (non-hydrogen) atoms. The number of furan rings is 1. The lowest BCUT2D eigenvalue weighted by molar-refractivity contribution is 0.103. The fourth-order valence-electron chi connectivity index (χ4n) is 1.24. The molecule has 78 valence electrons. The number of carbonyl (C=O) groups is 1. The SMILES string of the molecule is Cc1cocc1C(=O)c1csc(CN)n1. The van der Waals surface area contributed by atoms with E-state index in [9.17, 15) is 4.79 Å². The molecule has 2 N–H and O–H groups in total. The van der Waals surface area contributed by atoms with Crippen molar-refractivity contribution in [2.75, 3.05) is 0 Å². The smallest absolute Gasteiger partial charge is 0.215 e. The largest absolute Gasteiger partial charge is 0.472 e. The van der Waals surface area contributed by atoms with E-state index in [0.29, 0.717) is 17.8 Å². The van der Waals surface area contributed by atoms with Gasteiger partial charge in [-0.1, -0.05) is 0 Å². The molecule has 0 saturated heterocycles. The van der Waals surface area contributed by atoms with Gasteiger partial charge in [-0.05, 0) is 12.5 Å². The summed E-state index contributed by atoms with van der Waals surface area (Å²) in [6, 6.07) is 0. The number of hydrogen-bond donors (Lipinski definition) is 1. The Kier molecular flexibility index (Phi) is 2.66. The summed E-state index contributed by atoms with van der Waals surface area (Å²) in [5.41, 5.74) is 7.25. The maximum absolute atomic E-state index is 11.9. The van der Waals surface area contributed by atoms with Crippen molar-refractivity contribution in [2.45, 2.75) is 13.5 Å². The fourth-order valence-corrected chi connectivity index (χ4v) is 1.89. The van der Waals surface area contributed by atoms with E-state index < -0.39 is 0 Å². The quantitative estimate of drug-likeness (QED) is 0.803. The molecule has 5 heteroatoms. The van der Waals surface area contributed by atoms with Gasteiger partial charge in [0, 0.05) is 11.9 Å². The summed E-state index contributed by atoms with van der Waals surface area (Å²) in [7, 11) is 0. The minimum absolute atomic E-state index is 0.114. The number of hydrogen-bond acceptors (Lipinski definition) is 5. The van der Waals surface area contributed by atoms with Crippen LogP contribution >= 0.6 is 11.3 Å². The standard InChI is InChI=1S/C10H10N2O2S/c1-6-3-14-4-7(6)10(13)8-5-15-9(2-11)12-8/h3-5H,2,11H2,1H3. The third-order valence-corrected chi connectivity index (χ3v) is 2.93. The van der Waals surface area contributed by atoms with Crippen molar-refractivity contribution in [1.82, 2.24) is 4.98 Å². The molecule has 0 spiro atoms. The van der Waals surface area contributed by atoms with Crippen LogP contribution in [-0.2, 0) is 6.54 Å². The van der Waals surface area contributed by atoms with Crippen molar-refractivity contribution in [3.05, 3.63) is 39.7 Å². The summed E-state index contributed by atoms with van der Waals surface area (Å²) >= 11 is 1.39. The molecule has 0 radical (unpaired) electrons. The van der Waals surface area contributed by atoms with Gasteiger partial charge < -0.3 is 10.2 Å². The van der Waals surface area contributed by atoms with Gasteiger partial charge in [0.25, 0.3) is 0 Å². The highest BCUT2D eigenvalue weighted by molar-refractivity contribution is 7.09. The molecule has 0 atom stereocenters. The topological polar surface area (TPSA) is 69.1 Å². The van der Waals surface area contributed by atoms with E-state index in [1.807, 2.05) is 6.92 Å². The second-order valence-corrected chi connectivity index (χ2v) is 4.07. The first-order valence-electron chi connectivity index (χ1n) is 4.44. The number of thiazole rings is 1. The van der Waals surface area contributed by atoms with Gasteiger partial charge in [-0.25, -0.2) is 4.98 Å². The van der Waals surface area contributed by atoms with E-state index in [4.69, 9.17) is 10.2 Å². The summed E-state index contributed by atoms with van der Waals surface area (Å²) in [6.45, 7) is 2.19. The highest BCUT2D eigenvalue weighted by Crippen LogP contribution is 2.16. The van der Waals surface area contributed by atoms with Crippen LogP contribution in [0.4, 0.5) is 0 Å². The predicted octanol–water partition coefficient (Wildman–Crippen LogP) is 1.73. The Labute approximate surface area is 90.7 Å². The van der Waals surface area contributed by atoms with Crippen LogP contribution in [0.3, 0.4) is 0 Å². The zero-order valence-electron chi connectivity index (χ0n) is 8.19. The lowest BCUT2D eigenvalue weighted by Crippen LogP contribution is -2.03. The first kappa shape index (κ1) is 10.1. The Morgan fingerprint density at radius 2 is 2.40 bits per heavy atom. The molecule has 0 aliphatic rings. The van der Waals surface area contributed by atoms with Crippen molar-refractivity contribution in [3.8, 4) is 0 Å². The highest BCUT2D eigenvalue weighted by Gasteiger charge is 2.16. The van der Waals surface area contributed by atoms with E-state index in [-0.39, 0.29) is 5.78 Å². The summed E-state index contributed by atoms with van der Waals surface area (Å²) in [5, 5.41) is 2.48. The first-order valence-corrected chi connectivity index (χ1v) is 5.32. The van der Waals surface area contributed by atoms with Gasteiger partial charge >= 0.3 is 0 Å². The van der Waals surface area contributed by atoms with Crippen molar-refractivity contribution in [3.63, 3.8) is 0 Å². The van der Waals surface area contributed by atoms with E-state index in [0.717, 1.165) is 10.6 Å². The average molecular weight is 222 g/mol. The van der Waals surface area contributed by atoms with Gasteiger partial charge in [-0.15, -0.1) is 11.3 Å². The number of aromatic nitrogens is 1. The average Bonchev–Trinajstić information content (AvgIpc) is 2.84. The van der Waals surface area contributed by atoms with Crippen LogP contribution in [-0.4, -0.2) is 10.8 Å². The van der Waals surface area contributed by atoms with Gasteiger partial charge in [0.05, 0.1) is 11.8 Å². The molecule has 0 fully saturated rings. The third-order valence-electron chi connectivity index (χ3n) is 2.06. The third kappa shape index (κ3) is 1.84. The highest BCUT2D eigenvalue weighted by atomic mass is 32.1. The number of nitrogens with zero attached hydrogens (tertiary/aromatic N) is 1. The molecule has 0 saturated carbocycles. The minimum Gasteiger partial charge on any atom is -0.472 e. The van der Waals surface area contributed by atoms with Crippen molar-refractivity contribution in [1.29, 1.82) is 0 Å². The Balaban J connectivity index is 2.32. The van der Waals surface area contributed by atoms with Crippen LogP contribution in [0, 0.1) is 6.92 Å². The number of rotatable bonds is 3. The van der Waals surface area contributed by atoms with Crippen LogP contribution in [0.2, 0.25) is 0 Å². The molecule has 0 aliphatic heterocycles. The summed E-state index contributed by atoms with van der Waals surface area (Å²) in [4.78, 5) is 16.0. The van der Waals surface area contributed by atoms with Crippen molar-refractivity contribution >= 4 is 17.1 Å². The Morgan fingerprint density at radius 3 is 2.93 bits per heavy atom. The lowest BCUT2D eigenvalue weighted by atomic mass is 10.1. The molecule has 0 unspecified atom stereocenters. The first-order chi connectivity index (χ1) is 7.22. The summed E-state index contributed by atoms with van der Waals surface area (Å²) in [6.07, 6.45) is 2.99. The Bertz CT molecular complexity index is 487. The fraction of sp³-hybridized carbons (Fsp3) is 0.200. The molecule has 2 aromatic heterocycles. The van der Waals surface area contributed by atoms with Gasteiger partial charge in [0.1, 0.15) is 17.0 Å². The number of nitrogens with two attached hydrogens (primary N) is 1. The normalized spacial score (nSPS) is 10.5. The van der Waals surface area contributed by atoms with Gasteiger partial charge in [0.2, 0.25) is 5.78 Å². The van der Waals surface area contributed by atoms with E-state index in [1.54, 1.807) is 11.6 Å². The van der Waals surface area contributed by atoms with Gasteiger partial charge in [-0.2, -0.15) is 0 Å². The number of aryl methyl sites for hydroxylation is 1. The van der Waals surface area contributed by atoms with Crippen LogP contribution in [0.5, 0.6) is 0 Å². The molecular formula is C10H10N2O2S. The second kappa shape index (κ2) is 3.96. The Morgan fingerprint density at radius 1 is 1.60 bits per heavy atom. The van der Waals surface area contributed by atoms with Crippen LogP contribution in [0.25, 0.3) is 0 Å². The van der Waals surface area contributed by atoms with E-state index in [1.165, 1.54) is 17.6 Å². The minimum atomic E-state index is -0.114. The summed E-state index contributed by atoms with van der Waals surface area (Å²) < 4.78 is 4.95. The zero-order chi connectivity index (χ0) is 10.8. The molecule has 0 aliphatic carbocycles. The number of ketones is 1. The van der Waals surface area contributed by atoms with Gasteiger partial charge in [0.15, 0.2) is 0 Å². The lowest BCUT2D eigenvalue weighted by Gasteiger charge is -1.93. The summed E-state index contributed by atoms with van der Waals surface area (Å²) in [5.74, 6) is -0.114. The maximum Gasteiger partial charge on any atom is 0.215 e. The molecule has 0 amide bonds. The van der Waals surface area contributed by atoms with Crippen LogP contribution in [0.1, 0.15) is 26.6 Å². The maximum atomic E-state index is 11.9. The van der Waals surface area contributed by atoms with Gasteiger partial charge in [-0.3, -0.25) is 4.79 Å². The van der Waals surface area contributed by atoms with E-state index in [2.05, 4.69) is 4.98 Å². The monoisotopic (exact) mass is 222 g/mol. The zero-order valence-corrected chi connectivity index (χ0v) is 9.00. The molecule has 0 bridgehead atoms. The second-order valence-electron chi connectivity index (χ2n) is 3.13. The van der Waals surface area contributed by atoms with Crippen LogP contribution in [0.15, 0.2) is 22.3 Å². The molecular weight excluding hydrogens is 212 g/mol. The molecule has 2 rings (SSSR count). The Hall–Kier alpha value is -1.46. The van der Waals surface area contributed by atoms with Crippen molar-refractivity contribution in [2.24, 2.45) is 5.73 Å². The molecule has 4 nitrogen and oxygen atoms in total. The molecule has 2 heterocycles. The van der Waals surface area contributed by atoms with Crippen molar-refractivity contribution < 1.29 is 9.21 Å². The van der Waals surface area contributed by atoms with E-state index >= 15 is 0 Å². The predicted molar refractivity (Wildman–Crippen MR) is 56.9 cm³/mol. The molecule has 0 aromatic carbocycles. The number of carbonyl (C=O) groups excluding carboxylic acids is 1.